The summed E-state index contributed by atoms with van der Waals surface area (Å²) in [5, 5.41) is 13.1. The van der Waals surface area contributed by atoms with Gasteiger partial charge in [-0.3, -0.25) is 0 Å². The minimum absolute atomic E-state index is 0.167. The van der Waals surface area contributed by atoms with E-state index in [1.54, 1.807) is 31.2 Å². The van der Waals surface area contributed by atoms with Crippen LogP contribution < -0.4 is 4.18 Å². The maximum atomic E-state index is 11.1. The Morgan fingerprint density at radius 1 is 1.24 bits per heavy atom. The summed E-state index contributed by atoms with van der Waals surface area (Å²) in [4.78, 5) is 16.4. The summed E-state index contributed by atoms with van der Waals surface area (Å²) in [6.07, 6.45) is 3.52. The maximum absolute atomic E-state index is 11.1. The molecule has 1 aromatic rings. The molecule has 0 bridgehead atoms. The number of carboxylic acid groups (broad SMARTS) is 1. The molecule has 0 aromatic heterocycles. The fraction of sp³-hybridized carbons (Fsp3) is 0.579. The van der Waals surface area contributed by atoms with Crippen LogP contribution in [0.4, 0.5) is 0 Å². The van der Waals surface area contributed by atoms with Gasteiger partial charge in [0.05, 0.1) is 25.2 Å². The van der Waals surface area contributed by atoms with E-state index in [4.69, 9.17) is 23.6 Å². The van der Waals surface area contributed by atoms with Crippen molar-refractivity contribution in [1.29, 1.82) is 0 Å². The zero-order valence-electron chi connectivity index (χ0n) is 16.8. The number of aliphatic carboxylic acids is 1. The smallest absolute Gasteiger partial charge is 0.364 e. The highest BCUT2D eigenvalue weighted by atomic mass is 32.2. The van der Waals surface area contributed by atoms with Gasteiger partial charge < -0.3 is 23.6 Å². The van der Waals surface area contributed by atoms with Gasteiger partial charge >= 0.3 is 16.1 Å². The summed E-state index contributed by atoms with van der Waals surface area (Å²) in [7, 11) is -3.55. The number of nitrogens with zero attached hydrogens (tertiary/aromatic N) is 1. The fourth-order valence-electron chi connectivity index (χ4n) is 2.65. The van der Waals surface area contributed by atoms with Gasteiger partial charge in [0.15, 0.2) is 0 Å². The van der Waals surface area contributed by atoms with Gasteiger partial charge in [0, 0.05) is 12.8 Å². The molecule has 1 fully saturated rings. The first kappa shape index (κ1) is 23.1. The van der Waals surface area contributed by atoms with Crippen molar-refractivity contribution in [2.24, 2.45) is 11.1 Å². The number of unbranched alkanes of at least 4 members (excludes halogenated alkanes) is 1. The molecule has 1 aromatic carbocycles. The lowest BCUT2D eigenvalue weighted by Crippen LogP contribution is -2.47. The zero-order chi connectivity index (χ0) is 21.5. The first-order chi connectivity index (χ1) is 13.6. The topological polar surface area (TPSA) is 121 Å². The number of ether oxygens (including phenoxy) is 2. The summed E-state index contributed by atoms with van der Waals surface area (Å²) in [6, 6.07) is 6.52. The monoisotopic (exact) mass is 429 g/mol. The van der Waals surface area contributed by atoms with Crippen LogP contribution in [0.3, 0.4) is 0 Å². The highest BCUT2D eigenvalue weighted by Gasteiger charge is 2.40. The third-order valence-corrected chi connectivity index (χ3v) is 4.89. The van der Waals surface area contributed by atoms with Crippen molar-refractivity contribution in [3.8, 4) is 5.75 Å². The van der Waals surface area contributed by atoms with Crippen LogP contribution in [-0.2, 0) is 29.2 Å². The van der Waals surface area contributed by atoms with E-state index in [-0.39, 0.29) is 11.7 Å². The van der Waals surface area contributed by atoms with Crippen molar-refractivity contribution in [2.45, 2.75) is 38.9 Å². The van der Waals surface area contributed by atoms with Gasteiger partial charge in [-0.2, -0.15) is 8.42 Å². The number of hydrogen-bond acceptors (Lipinski definition) is 8. The third-order valence-electron chi connectivity index (χ3n) is 4.40. The number of carbonyl (C=O) groups is 1. The molecule has 0 spiro atoms. The summed E-state index contributed by atoms with van der Waals surface area (Å²) in [5.74, 6) is -2.25. The highest BCUT2D eigenvalue weighted by Crippen LogP contribution is 2.24. The molecule has 1 N–H and O–H groups in total. The van der Waals surface area contributed by atoms with Crippen LogP contribution >= 0.6 is 0 Å². The lowest BCUT2D eigenvalue weighted by Gasteiger charge is -2.34. The Kier molecular flexibility index (Phi) is 8.00. The zero-order valence-corrected chi connectivity index (χ0v) is 17.6. The Hall–Kier alpha value is -2.17. The van der Waals surface area contributed by atoms with Gasteiger partial charge in [-0.15, -0.1) is 0 Å². The predicted octanol–water partition coefficient (Wildman–Crippen LogP) is 2.40. The second-order valence-electron chi connectivity index (χ2n) is 7.06. The van der Waals surface area contributed by atoms with Crippen molar-refractivity contribution in [2.75, 3.05) is 26.1 Å². The van der Waals surface area contributed by atoms with Crippen LogP contribution in [0.25, 0.3) is 0 Å². The van der Waals surface area contributed by atoms with E-state index in [9.17, 15) is 13.2 Å². The van der Waals surface area contributed by atoms with Gasteiger partial charge in [0.1, 0.15) is 12.4 Å². The molecule has 0 atom stereocenters. The lowest BCUT2D eigenvalue weighted by atomic mass is 10.0. The summed E-state index contributed by atoms with van der Waals surface area (Å²) < 4.78 is 37.6. The normalized spacial score (nSPS) is 22.9. The van der Waals surface area contributed by atoms with Gasteiger partial charge in [0.25, 0.3) is 5.79 Å². The molecule has 1 aliphatic rings. The lowest BCUT2D eigenvalue weighted by molar-refractivity contribution is -0.271. The number of hydrogen-bond donors (Lipinski definition) is 1. The largest absolute Gasteiger partial charge is 0.477 e. The van der Waals surface area contributed by atoms with Crippen LogP contribution in [0.5, 0.6) is 5.75 Å². The number of oxime groups is 1. The van der Waals surface area contributed by atoms with Gasteiger partial charge in [-0.05, 0) is 56.0 Å². The Morgan fingerprint density at radius 3 is 2.41 bits per heavy atom. The molecule has 0 radical (unpaired) electrons. The van der Waals surface area contributed by atoms with Crippen molar-refractivity contribution in [1.82, 2.24) is 0 Å². The summed E-state index contributed by atoms with van der Waals surface area (Å²) >= 11 is 0. The van der Waals surface area contributed by atoms with E-state index >= 15 is 0 Å². The molecular formula is C19H27NO8S. The molecule has 1 saturated heterocycles. The van der Waals surface area contributed by atoms with Gasteiger partial charge in [-0.25, -0.2) is 4.79 Å². The molecule has 2 rings (SSSR count). The van der Waals surface area contributed by atoms with Crippen LogP contribution in [0.15, 0.2) is 29.4 Å². The predicted molar refractivity (Wildman–Crippen MR) is 105 cm³/mol. The Balaban J connectivity index is 1.65. The maximum Gasteiger partial charge on any atom is 0.364 e. The molecule has 1 heterocycles. The van der Waals surface area contributed by atoms with Crippen LogP contribution in [0, 0.1) is 5.92 Å². The molecule has 0 unspecified atom stereocenters. The minimum atomic E-state index is -3.55. The van der Waals surface area contributed by atoms with Crippen LogP contribution in [-0.4, -0.2) is 57.1 Å². The molecule has 10 heteroatoms. The summed E-state index contributed by atoms with van der Waals surface area (Å²) in [5.41, 5.74) is 1.46. The van der Waals surface area contributed by atoms with Crippen molar-refractivity contribution < 1.29 is 36.8 Å². The van der Waals surface area contributed by atoms with Crippen molar-refractivity contribution >= 4 is 21.8 Å². The quantitative estimate of drug-likeness (QED) is 0.260. The molecule has 9 nitrogen and oxygen atoms in total. The van der Waals surface area contributed by atoms with E-state index in [0.717, 1.165) is 31.1 Å². The van der Waals surface area contributed by atoms with E-state index in [1.165, 1.54) is 6.92 Å². The molecule has 0 aliphatic carbocycles. The minimum Gasteiger partial charge on any atom is -0.477 e. The van der Waals surface area contributed by atoms with Crippen LogP contribution in [0.1, 0.15) is 38.7 Å². The standard InChI is InChI=1S/C19H27NO8S/c1-14(16-7-9-17(10-8-16)28-29(3,23)24)20-27-11-5-4-6-15-12-25-19(2,18(21)22)26-13-15/h7-10,15H,4-6,11-13H2,1-3H3,(H,21,22). The first-order valence-corrected chi connectivity index (χ1v) is 11.1. The molecule has 0 saturated carbocycles. The fourth-order valence-corrected chi connectivity index (χ4v) is 3.12. The Labute approximate surface area is 170 Å². The first-order valence-electron chi connectivity index (χ1n) is 9.27. The van der Waals surface area contributed by atoms with Gasteiger partial charge in [-0.1, -0.05) is 5.16 Å². The SMILES string of the molecule is CC(=NOCCCCC1COC(C)(C(=O)O)OC1)c1ccc(OS(C)(=O)=O)cc1. The number of carboxylic acids is 1. The molecule has 29 heavy (non-hydrogen) atoms. The van der Waals surface area contributed by atoms with E-state index in [1.807, 2.05) is 0 Å². The Morgan fingerprint density at radius 2 is 1.86 bits per heavy atom. The number of rotatable bonds is 10. The van der Waals surface area contributed by atoms with Crippen LogP contribution in [0.2, 0.25) is 0 Å². The molecule has 1 aliphatic heterocycles. The van der Waals surface area contributed by atoms with E-state index in [2.05, 4.69) is 5.16 Å². The molecular weight excluding hydrogens is 402 g/mol. The van der Waals surface area contributed by atoms with Crippen molar-refractivity contribution in [3.63, 3.8) is 0 Å². The average Bonchev–Trinajstić information content (AvgIpc) is 2.65. The Bertz CT molecular complexity index is 811. The van der Waals surface area contributed by atoms with Gasteiger partial charge in [0.2, 0.25) is 0 Å². The highest BCUT2D eigenvalue weighted by molar-refractivity contribution is 7.86. The second-order valence-corrected chi connectivity index (χ2v) is 8.63. The summed E-state index contributed by atoms with van der Waals surface area (Å²) in [6.45, 7) is 4.38. The number of benzene rings is 1. The van der Waals surface area contributed by atoms with E-state index < -0.39 is 21.9 Å². The second kappa shape index (κ2) is 10.0. The molecule has 162 valence electrons. The van der Waals surface area contributed by atoms with E-state index in [0.29, 0.717) is 25.5 Å². The average molecular weight is 429 g/mol. The third kappa shape index (κ3) is 7.64. The molecule has 0 amide bonds. The van der Waals surface area contributed by atoms with Crippen molar-refractivity contribution in [3.05, 3.63) is 29.8 Å².